The van der Waals surface area contributed by atoms with Crippen LogP contribution in [0.2, 0.25) is 0 Å². The summed E-state index contributed by atoms with van der Waals surface area (Å²) >= 11 is 1.35. The van der Waals surface area contributed by atoms with Crippen LogP contribution in [0.1, 0.15) is 6.42 Å². The lowest BCUT2D eigenvalue weighted by molar-refractivity contribution is -0.123. The number of rotatable bonds is 6. The first-order chi connectivity index (χ1) is 9.93. The van der Waals surface area contributed by atoms with Crippen LogP contribution in [-0.4, -0.2) is 34.5 Å². The first kappa shape index (κ1) is 18.5. The van der Waals surface area contributed by atoms with Gasteiger partial charge in [-0.15, -0.1) is 23.7 Å². The summed E-state index contributed by atoms with van der Waals surface area (Å²) in [4.78, 5) is 28.2. The molecule has 10 heteroatoms. The average Bonchev–Trinajstić information content (AvgIpc) is 2.94. The first-order valence-corrected chi connectivity index (χ1v) is 7.08. The van der Waals surface area contributed by atoms with Gasteiger partial charge in [-0.3, -0.25) is 14.2 Å². The van der Waals surface area contributed by atoms with Gasteiger partial charge in [0.15, 0.2) is 0 Å². The molecule has 0 atom stereocenters. The molecule has 0 fully saturated rings. The number of halogens is 3. The molecule has 0 aromatic carbocycles. The smallest absolute Gasteiger partial charge is 0.277 e. The van der Waals surface area contributed by atoms with E-state index in [4.69, 9.17) is 5.73 Å². The fourth-order valence-corrected chi connectivity index (χ4v) is 2.39. The van der Waals surface area contributed by atoms with Gasteiger partial charge in [0.25, 0.3) is 11.5 Å². The highest BCUT2D eigenvalue weighted by molar-refractivity contribution is 7.16. The summed E-state index contributed by atoms with van der Waals surface area (Å²) < 4.78 is 27.0. The van der Waals surface area contributed by atoms with E-state index < -0.39 is 24.9 Å². The molecule has 2 rings (SSSR count). The van der Waals surface area contributed by atoms with Gasteiger partial charge in [-0.05, 0) is 11.4 Å². The van der Waals surface area contributed by atoms with Gasteiger partial charge >= 0.3 is 0 Å². The molecule has 0 bridgehead atoms. The molecule has 0 aliphatic carbocycles. The third-order valence-corrected chi connectivity index (χ3v) is 3.69. The largest absolute Gasteiger partial charge is 0.350 e. The van der Waals surface area contributed by atoms with Crippen LogP contribution in [0, 0.1) is 0 Å². The monoisotopic (exact) mass is 352 g/mol. The van der Waals surface area contributed by atoms with E-state index in [0.29, 0.717) is 10.2 Å². The van der Waals surface area contributed by atoms with Gasteiger partial charge in [0, 0.05) is 13.0 Å². The molecule has 22 heavy (non-hydrogen) atoms. The molecular weight excluding hydrogens is 338 g/mol. The van der Waals surface area contributed by atoms with E-state index in [1.165, 1.54) is 22.2 Å². The average molecular weight is 353 g/mol. The lowest BCUT2D eigenvalue weighted by Crippen LogP contribution is -2.41. The van der Waals surface area contributed by atoms with Crippen LogP contribution in [0.15, 0.2) is 22.6 Å². The maximum absolute atomic E-state index is 12.9. The molecule has 122 valence electrons. The van der Waals surface area contributed by atoms with Crippen molar-refractivity contribution in [2.24, 2.45) is 5.73 Å². The van der Waals surface area contributed by atoms with Crippen molar-refractivity contribution in [2.75, 3.05) is 13.1 Å². The minimum atomic E-state index is -3.12. The predicted molar refractivity (Wildman–Crippen MR) is 82.8 cm³/mol. The van der Waals surface area contributed by atoms with E-state index in [0.717, 1.165) is 0 Å². The number of nitrogens with one attached hydrogen (secondary N) is 1. The van der Waals surface area contributed by atoms with Crippen molar-refractivity contribution in [3.63, 3.8) is 0 Å². The normalized spacial score (nSPS) is 11.2. The van der Waals surface area contributed by atoms with Crippen molar-refractivity contribution >= 4 is 39.9 Å². The zero-order chi connectivity index (χ0) is 15.5. The third kappa shape index (κ3) is 4.46. The van der Waals surface area contributed by atoms with Gasteiger partial charge in [0.2, 0.25) is 5.91 Å². The van der Waals surface area contributed by atoms with E-state index in [9.17, 15) is 18.4 Å². The molecule has 0 radical (unpaired) electrons. The number of aromatic nitrogens is 2. The number of amides is 1. The Balaban J connectivity index is 0.00000242. The Kier molecular flexibility index (Phi) is 6.39. The second-order valence-corrected chi connectivity index (χ2v) is 5.36. The Morgan fingerprint density at radius 1 is 1.50 bits per heavy atom. The van der Waals surface area contributed by atoms with Gasteiger partial charge in [0.05, 0.1) is 24.8 Å². The molecule has 2 aromatic heterocycles. The van der Waals surface area contributed by atoms with Crippen LogP contribution >= 0.6 is 23.7 Å². The van der Waals surface area contributed by atoms with E-state index in [1.807, 2.05) is 0 Å². The number of fused-ring (bicyclic) bond motifs is 1. The van der Waals surface area contributed by atoms with Gasteiger partial charge in [-0.25, -0.2) is 13.8 Å². The van der Waals surface area contributed by atoms with Crippen LogP contribution in [0.5, 0.6) is 0 Å². The molecule has 2 heterocycles. The quantitative estimate of drug-likeness (QED) is 0.811. The Bertz CT molecular complexity index is 704. The second-order valence-electron chi connectivity index (χ2n) is 4.47. The Labute approximate surface area is 134 Å². The molecule has 0 saturated heterocycles. The van der Waals surface area contributed by atoms with Crippen LogP contribution in [0.25, 0.3) is 10.2 Å². The fraction of sp³-hybridized carbons (Fsp3) is 0.417. The molecule has 0 unspecified atom stereocenters. The topological polar surface area (TPSA) is 90.0 Å². The summed E-state index contributed by atoms with van der Waals surface area (Å²) in [7, 11) is 0. The first-order valence-electron chi connectivity index (χ1n) is 6.20. The number of nitrogens with two attached hydrogens (primary N) is 1. The summed E-state index contributed by atoms with van der Waals surface area (Å²) in [6.07, 6.45) is 1.26. The van der Waals surface area contributed by atoms with Crippen molar-refractivity contribution in [1.29, 1.82) is 0 Å². The van der Waals surface area contributed by atoms with Crippen LogP contribution in [-0.2, 0) is 11.3 Å². The van der Waals surface area contributed by atoms with Crippen molar-refractivity contribution < 1.29 is 13.6 Å². The molecular formula is C12H15ClF2N4O2S. The summed E-state index contributed by atoms with van der Waals surface area (Å²) in [5, 5.41) is 4.33. The maximum Gasteiger partial charge on any atom is 0.277 e. The van der Waals surface area contributed by atoms with Crippen molar-refractivity contribution in [1.82, 2.24) is 14.9 Å². The van der Waals surface area contributed by atoms with Crippen molar-refractivity contribution in [3.8, 4) is 0 Å². The number of hydrogen-bond donors (Lipinski definition) is 2. The van der Waals surface area contributed by atoms with E-state index >= 15 is 0 Å². The Hall–Kier alpha value is -1.58. The summed E-state index contributed by atoms with van der Waals surface area (Å²) in [6, 6.07) is 1.66. The molecule has 2 aromatic rings. The van der Waals surface area contributed by atoms with E-state index in [-0.39, 0.29) is 30.9 Å². The molecule has 3 N–H and O–H groups in total. The van der Waals surface area contributed by atoms with Crippen LogP contribution in [0.4, 0.5) is 8.78 Å². The SMILES string of the molecule is Cl.NCC(F)(F)CNC(=O)CCn1cnc2sccc2c1=O. The minimum Gasteiger partial charge on any atom is -0.350 e. The molecule has 1 amide bonds. The minimum absolute atomic E-state index is 0. The van der Waals surface area contributed by atoms with Gasteiger partial charge in [-0.1, -0.05) is 0 Å². The molecule has 0 spiro atoms. The second kappa shape index (κ2) is 7.61. The molecule has 0 aliphatic heterocycles. The standard InChI is InChI=1S/C12H14F2N4O2S.ClH/c13-12(14,5-15)6-16-9(19)1-3-18-7-17-10-8(11(18)20)2-4-21-10;/h2,4,7H,1,3,5-6,15H2,(H,16,19);1H. The fourth-order valence-electron chi connectivity index (χ4n) is 1.66. The van der Waals surface area contributed by atoms with Gasteiger partial charge in [-0.2, -0.15) is 0 Å². The number of thiophene rings is 1. The number of carbonyl (C=O) groups excluding carboxylic acids is 1. The number of aryl methyl sites for hydroxylation is 1. The zero-order valence-corrected chi connectivity index (χ0v) is 13.1. The highest BCUT2D eigenvalue weighted by Gasteiger charge is 2.26. The molecule has 0 saturated carbocycles. The lowest BCUT2D eigenvalue weighted by atomic mass is 10.3. The summed E-state index contributed by atoms with van der Waals surface area (Å²) in [6.45, 7) is -1.55. The molecule has 6 nitrogen and oxygen atoms in total. The number of hydrogen-bond acceptors (Lipinski definition) is 5. The Morgan fingerprint density at radius 2 is 2.23 bits per heavy atom. The lowest BCUT2D eigenvalue weighted by Gasteiger charge is -2.14. The van der Waals surface area contributed by atoms with Crippen molar-refractivity contribution in [3.05, 3.63) is 28.1 Å². The van der Waals surface area contributed by atoms with Crippen molar-refractivity contribution in [2.45, 2.75) is 18.9 Å². The highest BCUT2D eigenvalue weighted by atomic mass is 35.5. The van der Waals surface area contributed by atoms with Gasteiger partial charge in [0.1, 0.15) is 4.83 Å². The third-order valence-electron chi connectivity index (χ3n) is 2.87. The van der Waals surface area contributed by atoms with Crippen LogP contribution < -0.4 is 16.6 Å². The number of carbonyl (C=O) groups is 1. The Morgan fingerprint density at radius 3 is 2.91 bits per heavy atom. The zero-order valence-electron chi connectivity index (χ0n) is 11.4. The predicted octanol–water partition coefficient (Wildman–Crippen LogP) is 0.980. The van der Waals surface area contributed by atoms with E-state index in [1.54, 1.807) is 11.4 Å². The van der Waals surface area contributed by atoms with E-state index in [2.05, 4.69) is 10.3 Å². The summed E-state index contributed by atoms with van der Waals surface area (Å²) in [5.41, 5.74) is 4.62. The number of nitrogens with zero attached hydrogens (tertiary/aromatic N) is 2. The van der Waals surface area contributed by atoms with Gasteiger partial charge < -0.3 is 11.1 Å². The number of alkyl halides is 2. The van der Waals surface area contributed by atoms with Crippen LogP contribution in [0.3, 0.4) is 0 Å². The maximum atomic E-state index is 12.9. The summed E-state index contributed by atoms with van der Waals surface area (Å²) in [5.74, 6) is -3.69. The highest BCUT2D eigenvalue weighted by Crippen LogP contribution is 2.13. The molecule has 0 aliphatic rings.